The van der Waals surface area contributed by atoms with Gasteiger partial charge in [0.15, 0.2) is 0 Å². The minimum Gasteiger partial charge on any atom is -0.497 e. The molecule has 5 heteroatoms. The first-order valence-electron chi connectivity index (χ1n) is 8.28. The lowest BCUT2D eigenvalue weighted by atomic mass is 10.1. The van der Waals surface area contributed by atoms with E-state index in [0.29, 0.717) is 19.3 Å². The van der Waals surface area contributed by atoms with Crippen LogP contribution in [0.5, 0.6) is 5.75 Å². The molecule has 0 aromatic heterocycles. The molecule has 132 valence electrons. The third-order valence-corrected chi connectivity index (χ3v) is 2.89. The minimum atomic E-state index is -0.580. The number of ether oxygens (including phenoxy) is 1. The minimum absolute atomic E-state index is 0.165. The summed E-state index contributed by atoms with van der Waals surface area (Å²) in [6.07, 6.45) is 1.45. The molecule has 1 rings (SSSR count). The first-order valence-corrected chi connectivity index (χ1v) is 8.28. The highest BCUT2D eigenvalue weighted by Gasteiger charge is 2.15. The zero-order valence-corrected chi connectivity index (χ0v) is 15.3. The van der Waals surface area contributed by atoms with Crippen molar-refractivity contribution < 1.29 is 14.3 Å². The van der Waals surface area contributed by atoms with E-state index in [1.807, 2.05) is 52.0 Å². The lowest BCUT2D eigenvalue weighted by Gasteiger charge is -2.13. The van der Waals surface area contributed by atoms with Crippen LogP contribution in [0.2, 0.25) is 0 Å². The molecule has 0 saturated carbocycles. The summed E-state index contributed by atoms with van der Waals surface area (Å²) in [4.78, 5) is 22.7. The molecule has 0 fully saturated rings. The second kappa shape index (κ2) is 14.9. The molecule has 3 N–H and O–H groups in total. The molecule has 0 aliphatic rings. The van der Waals surface area contributed by atoms with Crippen LogP contribution in [0, 0.1) is 0 Å². The van der Waals surface area contributed by atoms with Crippen molar-refractivity contribution in [3.05, 3.63) is 29.8 Å². The van der Waals surface area contributed by atoms with E-state index >= 15 is 0 Å². The van der Waals surface area contributed by atoms with E-state index in [-0.39, 0.29) is 5.91 Å². The first kappa shape index (κ1) is 23.2. The van der Waals surface area contributed by atoms with Gasteiger partial charge in [0.2, 0.25) is 11.8 Å². The second-order valence-electron chi connectivity index (χ2n) is 4.28. The van der Waals surface area contributed by atoms with E-state index < -0.39 is 11.9 Å². The summed E-state index contributed by atoms with van der Waals surface area (Å²) >= 11 is 0. The lowest BCUT2D eigenvalue weighted by molar-refractivity contribution is -0.127. The molecule has 0 saturated heterocycles. The number of rotatable bonds is 7. The van der Waals surface area contributed by atoms with Gasteiger partial charge in [-0.3, -0.25) is 9.59 Å². The number of nitrogens with two attached hydrogens (primary N) is 1. The number of benzene rings is 1. The van der Waals surface area contributed by atoms with Crippen molar-refractivity contribution in [2.24, 2.45) is 5.73 Å². The zero-order valence-electron chi connectivity index (χ0n) is 15.3. The number of hydrogen-bond donors (Lipinski definition) is 2. The van der Waals surface area contributed by atoms with Crippen molar-refractivity contribution in [1.29, 1.82) is 0 Å². The molecule has 0 heterocycles. The third kappa shape index (κ3) is 10.3. The Morgan fingerprint density at radius 3 is 2.04 bits per heavy atom. The van der Waals surface area contributed by atoms with E-state index in [1.165, 1.54) is 0 Å². The number of amides is 2. The Hall–Kier alpha value is -2.04. The van der Waals surface area contributed by atoms with Gasteiger partial charge in [-0.15, -0.1) is 0 Å². The van der Waals surface area contributed by atoms with Crippen molar-refractivity contribution in [2.75, 3.05) is 7.11 Å². The predicted molar refractivity (Wildman–Crippen MR) is 95.4 cm³/mol. The van der Waals surface area contributed by atoms with Crippen molar-refractivity contribution >= 4 is 11.8 Å². The van der Waals surface area contributed by atoms with E-state index in [0.717, 1.165) is 11.3 Å². The molecule has 0 unspecified atom stereocenters. The third-order valence-electron chi connectivity index (χ3n) is 2.89. The van der Waals surface area contributed by atoms with Crippen LogP contribution in [0.25, 0.3) is 0 Å². The fourth-order valence-corrected chi connectivity index (χ4v) is 1.69. The first-order chi connectivity index (χ1) is 11.1. The Bertz CT molecular complexity index is 430. The van der Waals surface area contributed by atoms with E-state index in [4.69, 9.17) is 10.5 Å². The van der Waals surface area contributed by atoms with Gasteiger partial charge in [-0.05, 0) is 30.5 Å². The van der Waals surface area contributed by atoms with Gasteiger partial charge in [-0.2, -0.15) is 0 Å². The van der Waals surface area contributed by atoms with Crippen molar-refractivity contribution in [1.82, 2.24) is 5.32 Å². The Balaban J connectivity index is 0. The highest BCUT2D eigenvalue weighted by Crippen LogP contribution is 2.12. The molecule has 1 atom stereocenters. The fourth-order valence-electron chi connectivity index (χ4n) is 1.69. The van der Waals surface area contributed by atoms with Gasteiger partial charge in [-0.25, -0.2) is 0 Å². The molecule has 23 heavy (non-hydrogen) atoms. The average Bonchev–Trinajstić information content (AvgIpc) is 2.61. The van der Waals surface area contributed by atoms with Crippen molar-refractivity contribution in [3.63, 3.8) is 0 Å². The van der Waals surface area contributed by atoms with Crippen LogP contribution in [0.1, 0.15) is 53.0 Å². The Kier molecular flexibility index (Phi) is 15.0. The van der Waals surface area contributed by atoms with Crippen LogP contribution in [0.4, 0.5) is 0 Å². The fraction of sp³-hybridized carbons (Fsp3) is 0.556. The molecule has 0 spiro atoms. The second-order valence-corrected chi connectivity index (χ2v) is 4.28. The van der Waals surface area contributed by atoms with Gasteiger partial charge in [0.05, 0.1) is 7.11 Å². The summed E-state index contributed by atoms with van der Waals surface area (Å²) in [7, 11) is 1.61. The summed E-state index contributed by atoms with van der Waals surface area (Å²) in [5, 5.41) is 2.62. The highest BCUT2D eigenvalue weighted by molar-refractivity contribution is 5.86. The molecular formula is C18H32N2O3. The van der Waals surface area contributed by atoms with E-state index in [2.05, 4.69) is 5.32 Å². The quantitative estimate of drug-likeness (QED) is 0.808. The SMILES string of the molecule is CC.CC.CC[C@H](NC(=O)CCc1ccc(OC)cc1)C(N)=O. The molecule has 2 amide bonds. The number of nitrogens with one attached hydrogen (secondary N) is 1. The van der Waals surface area contributed by atoms with Crippen LogP contribution in [-0.4, -0.2) is 25.0 Å². The molecule has 0 aliphatic carbocycles. The predicted octanol–water partition coefficient (Wildman–Crippen LogP) is 3.06. The van der Waals surface area contributed by atoms with Gasteiger partial charge < -0.3 is 15.8 Å². The summed E-state index contributed by atoms with van der Waals surface area (Å²) in [5.74, 6) is 0.120. The number of carbonyl (C=O) groups excluding carboxylic acids is 2. The van der Waals surface area contributed by atoms with Crippen LogP contribution < -0.4 is 15.8 Å². The summed E-state index contributed by atoms with van der Waals surface area (Å²) in [5.41, 5.74) is 6.21. The van der Waals surface area contributed by atoms with Crippen molar-refractivity contribution in [2.45, 2.75) is 59.9 Å². The lowest BCUT2D eigenvalue weighted by Crippen LogP contribution is -2.44. The number of hydrogen-bond acceptors (Lipinski definition) is 3. The number of methoxy groups -OCH3 is 1. The molecule has 5 nitrogen and oxygen atoms in total. The van der Waals surface area contributed by atoms with Crippen molar-refractivity contribution in [3.8, 4) is 5.75 Å². The molecule has 0 bridgehead atoms. The maximum atomic E-state index is 11.7. The summed E-state index contributed by atoms with van der Waals surface area (Å²) in [6.45, 7) is 9.80. The van der Waals surface area contributed by atoms with Crippen LogP contribution >= 0.6 is 0 Å². The molecule has 1 aromatic carbocycles. The number of aryl methyl sites for hydroxylation is 1. The normalized spacial score (nSPS) is 10.2. The monoisotopic (exact) mass is 324 g/mol. The Morgan fingerprint density at radius 2 is 1.65 bits per heavy atom. The van der Waals surface area contributed by atoms with Gasteiger partial charge in [0, 0.05) is 6.42 Å². The maximum absolute atomic E-state index is 11.7. The molecule has 0 aliphatic heterocycles. The smallest absolute Gasteiger partial charge is 0.239 e. The Labute approximate surface area is 140 Å². The highest BCUT2D eigenvalue weighted by atomic mass is 16.5. The number of carbonyl (C=O) groups is 2. The average molecular weight is 324 g/mol. The van der Waals surface area contributed by atoms with E-state index in [9.17, 15) is 9.59 Å². The topological polar surface area (TPSA) is 81.4 Å². The summed E-state index contributed by atoms with van der Waals surface area (Å²) in [6, 6.07) is 6.95. The standard InChI is InChI=1S/C14H20N2O3.2C2H6/c1-3-12(14(15)18)16-13(17)9-6-10-4-7-11(19-2)8-5-10;2*1-2/h4-5,7-8,12H,3,6,9H2,1-2H3,(H2,15,18)(H,16,17);2*1-2H3/t12-;;/m0../s1. The van der Waals surface area contributed by atoms with E-state index in [1.54, 1.807) is 14.0 Å². The molecular weight excluding hydrogens is 292 g/mol. The zero-order chi connectivity index (χ0) is 18.3. The van der Waals surface area contributed by atoms with Crippen LogP contribution in [0.15, 0.2) is 24.3 Å². The molecule has 0 radical (unpaired) electrons. The Morgan fingerprint density at radius 1 is 1.13 bits per heavy atom. The van der Waals surface area contributed by atoms with Gasteiger partial charge in [-0.1, -0.05) is 46.8 Å². The van der Waals surface area contributed by atoms with Gasteiger partial charge in [0.1, 0.15) is 11.8 Å². The van der Waals surface area contributed by atoms with Gasteiger partial charge >= 0.3 is 0 Å². The van der Waals surface area contributed by atoms with Gasteiger partial charge in [0.25, 0.3) is 0 Å². The maximum Gasteiger partial charge on any atom is 0.239 e. The largest absolute Gasteiger partial charge is 0.497 e. The van der Waals surface area contributed by atoms with Crippen LogP contribution in [0.3, 0.4) is 0 Å². The van der Waals surface area contributed by atoms with Crippen LogP contribution in [-0.2, 0) is 16.0 Å². The summed E-state index contributed by atoms with van der Waals surface area (Å²) < 4.78 is 5.06. The number of primary amides is 1. The molecule has 1 aromatic rings.